The summed E-state index contributed by atoms with van der Waals surface area (Å²) in [5, 5.41) is 4.64. The van der Waals surface area contributed by atoms with Crippen molar-refractivity contribution in [1.82, 2.24) is 9.78 Å². The highest BCUT2D eigenvalue weighted by Crippen LogP contribution is 2.24. The van der Waals surface area contributed by atoms with E-state index >= 15 is 0 Å². The number of benzene rings is 1. The van der Waals surface area contributed by atoms with Crippen molar-refractivity contribution in [2.75, 3.05) is 4.72 Å². The number of halogens is 2. The zero-order chi connectivity index (χ0) is 14.0. The molecule has 0 saturated carbocycles. The number of hydrogen-bond acceptors (Lipinski definition) is 3. The molecule has 0 aliphatic rings. The van der Waals surface area contributed by atoms with Crippen LogP contribution in [0.4, 0.5) is 5.69 Å². The molecule has 0 aliphatic carbocycles. The molecule has 0 saturated heterocycles. The van der Waals surface area contributed by atoms with Crippen LogP contribution in [0.15, 0.2) is 35.5 Å². The summed E-state index contributed by atoms with van der Waals surface area (Å²) in [4.78, 5) is 0.0884. The Morgan fingerprint density at radius 1 is 1.26 bits per heavy atom. The lowest BCUT2D eigenvalue weighted by molar-refractivity contribution is 0.600. The Kier molecular flexibility index (Phi) is 4.03. The van der Waals surface area contributed by atoms with Crippen molar-refractivity contribution in [2.24, 2.45) is 0 Å². The van der Waals surface area contributed by atoms with Gasteiger partial charge in [-0.05, 0) is 25.1 Å². The van der Waals surface area contributed by atoms with Gasteiger partial charge in [0.05, 0.1) is 11.9 Å². The van der Waals surface area contributed by atoms with E-state index in [9.17, 15) is 8.42 Å². The third kappa shape index (κ3) is 3.40. The molecule has 2 rings (SSSR count). The predicted molar refractivity (Wildman–Crippen MR) is 75.2 cm³/mol. The summed E-state index contributed by atoms with van der Waals surface area (Å²) in [6, 6.07) is 4.49. The molecule has 1 N–H and O–H groups in total. The molecule has 0 aliphatic heterocycles. The SMILES string of the molecule is CCn1cc(S(=O)(=O)Nc2cc(Cl)cc(Cl)c2)cn1. The van der Waals surface area contributed by atoms with Crippen molar-refractivity contribution >= 4 is 38.9 Å². The average molecular weight is 320 g/mol. The molecular formula is C11H11Cl2N3O2S. The summed E-state index contributed by atoms with van der Waals surface area (Å²) < 4.78 is 28.1. The highest BCUT2D eigenvalue weighted by atomic mass is 35.5. The topological polar surface area (TPSA) is 64.0 Å². The Bertz CT molecular complexity index is 677. The van der Waals surface area contributed by atoms with Gasteiger partial charge in [0.25, 0.3) is 10.0 Å². The fourth-order valence-corrected chi connectivity index (χ4v) is 3.00. The maximum atomic E-state index is 12.1. The van der Waals surface area contributed by atoms with Crippen molar-refractivity contribution in [2.45, 2.75) is 18.4 Å². The minimum Gasteiger partial charge on any atom is -0.279 e. The van der Waals surface area contributed by atoms with Crippen LogP contribution in [0.1, 0.15) is 6.92 Å². The second-order valence-corrected chi connectivity index (χ2v) is 6.35. The summed E-state index contributed by atoms with van der Waals surface area (Å²) in [7, 11) is -3.69. The molecule has 0 radical (unpaired) electrons. The Morgan fingerprint density at radius 3 is 2.42 bits per heavy atom. The van der Waals surface area contributed by atoms with Crippen LogP contribution < -0.4 is 4.72 Å². The van der Waals surface area contributed by atoms with E-state index in [0.29, 0.717) is 22.3 Å². The molecule has 1 aromatic heterocycles. The Labute approximate surface area is 121 Å². The molecule has 1 heterocycles. The normalized spacial score (nSPS) is 11.5. The zero-order valence-electron chi connectivity index (χ0n) is 9.97. The second kappa shape index (κ2) is 5.40. The molecule has 0 unspecified atom stereocenters. The van der Waals surface area contributed by atoms with E-state index in [0.717, 1.165) is 0 Å². The van der Waals surface area contributed by atoms with Gasteiger partial charge in [0, 0.05) is 22.8 Å². The van der Waals surface area contributed by atoms with Crippen molar-refractivity contribution in [3.8, 4) is 0 Å². The summed E-state index contributed by atoms with van der Waals surface area (Å²) in [5.74, 6) is 0. The maximum absolute atomic E-state index is 12.1. The summed E-state index contributed by atoms with van der Waals surface area (Å²) in [6.45, 7) is 2.46. The molecule has 0 amide bonds. The van der Waals surface area contributed by atoms with Gasteiger partial charge in [-0.25, -0.2) is 8.42 Å². The molecule has 0 bridgehead atoms. The lowest BCUT2D eigenvalue weighted by Gasteiger charge is -2.07. The minimum absolute atomic E-state index is 0.0884. The van der Waals surface area contributed by atoms with Crippen LogP contribution >= 0.6 is 23.2 Å². The molecule has 102 valence electrons. The monoisotopic (exact) mass is 319 g/mol. The number of hydrogen-bond donors (Lipinski definition) is 1. The van der Waals surface area contributed by atoms with E-state index in [-0.39, 0.29) is 4.90 Å². The van der Waals surface area contributed by atoms with E-state index in [2.05, 4.69) is 9.82 Å². The van der Waals surface area contributed by atoms with Crippen LogP contribution in [-0.4, -0.2) is 18.2 Å². The van der Waals surface area contributed by atoms with Gasteiger partial charge >= 0.3 is 0 Å². The van der Waals surface area contributed by atoms with Crippen molar-refractivity contribution in [3.63, 3.8) is 0 Å². The van der Waals surface area contributed by atoms with Gasteiger partial charge in [-0.15, -0.1) is 0 Å². The summed E-state index contributed by atoms with van der Waals surface area (Å²) >= 11 is 11.6. The van der Waals surface area contributed by atoms with Crippen LogP contribution in [0.3, 0.4) is 0 Å². The number of aryl methyl sites for hydroxylation is 1. The van der Waals surface area contributed by atoms with Crippen molar-refractivity contribution in [1.29, 1.82) is 0 Å². The van der Waals surface area contributed by atoms with Crippen LogP contribution in [0.25, 0.3) is 0 Å². The summed E-state index contributed by atoms with van der Waals surface area (Å²) in [5.41, 5.74) is 0.307. The molecule has 0 atom stereocenters. The molecule has 0 spiro atoms. The van der Waals surface area contributed by atoms with Crippen molar-refractivity contribution < 1.29 is 8.42 Å². The van der Waals surface area contributed by atoms with Crippen molar-refractivity contribution in [3.05, 3.63) is 40.6 Å². The van der Waals surface area contributed by atoms with Gasteiger partial charge in [0.1, 0.15) is 4.90 Å². The molecule has 5 nitrogen and oxygen atoms in total. The first-order valence-electron chi connectivity index (χ1n) is 5.42. The zero-order valence-corrected chi connectivity index (χ0v) is 12.3. The van der Waals surface area contributed by atoms with Gasteiger partial charge in [0.15, 0.2) is 0 Å². The molecule has 1 aromatic carbocycles. The van der Waals surface area contributed by atoms with Crippen LogP contribution in [-0.2, 0) is 16.6 Å². The maximum Gasteiger partial charge on any atom is 0.265 e. The van der Waals surface area contributed by atoms with Gasteiger partial charge in [-0.2, -0.15) is 5.10 Å². The number of anilines is 1. The quantitative estimate of drug-likeness (QED) is 0.942. The van der Waals surface area contributed by atoms with E-state index < -0.39 is 10.0 Å². The van der Waals surface area contributed by atoms with Gasteiger partial charge < -0.3 is 0 Å². The number of aromatic nitrogens is 2. The molecule has 8 heteroatoms. The molecule has 19 heavy (non-hydrogen) atoms. The standard InChI is InChI=1S/C11H11Cl2N3O2S/c1-2-16-7-11(6-14-16)19(17,18)15-10-4-8(12)3-9(13)5-10/h3-7,15H,2H2,1H3. The lowest BCUT2D eigenvalue weighted by Crippen LogP contribution is -2.12. The largest absolute Gasteiger partial charge is 0.279 e. The Morgan fingerprint density at radius 2 is 1.89 bits per heavy atom. The van der Waals surface area contributed by atoms with E-state index in [1.165, 1.54) is 35.3 Å². The number of nitrogens with one attached hydrogen (secondary N) is 1. The fourth-order valence-electron chi connectivity index (χ4n) is 1.48. The Hall–Kier alpha value is -1.24. The predicted octanol–water partition coefficient (Wildman–Crippen LogP) is 3.01. The van der Waals surface area contributed by atoms with Gasteiger partial charge in [-0.3, -0.25) is 9.40 Å². The third-order valence-corrected chi connectivity index (χ3v) is 4.13. The van der Waals surface area contributed by atoms with Gasteiger partial charge in [-0.1, -0.05) is 23.2 Å². The minimum atomic E-state index is -3.69. The second-order valence-electron chi connectivity index (χ2n) is 3.80. The first-order valence-corrected chi connectivity index (χ1v) is 7.66. The Balaban J connectivity index is 2.30. The first-order chi connectivity index (χ1) is 8.90. The van der Waals surface area contributed by atoms with E-state index in [1.54, 1.807) is 0 Å². The third-order valence-electron chi connectivity index (χ3n) is 2.36. The number of sulfonamides is 1. The number of nitrogens with zero attached hydrogens (tertiary/aromatic N) is 2. The smallest absolute Gasteiger partial charge is 0.265 e. The first kappa shape index (κ1) is 14.2. The molecule has 0 fully saturated rings. The van der Waals surface area contributed by atoms with Crippen LogP contribution in [0.5, 0.6) is 0 Å². The van der Waals surface area contributed by atoms with E-state index in [1.807, 2.05) is 6.92 Å². The molecule has 2 aromatic rings. The molecular weight excluding hydrogens is 309 g/mol. The highest BCUT2D eigenvalue weighted by molar-refractivity contribution is 7.92. The number of rotatable bonds is 4. The van der Waals surface area contributed by atoms with Crippen LogP contribution in [0.2, 0.25) is 10.0 Å². The fraction of sp³-hybridized carbons (Fsp3) is 0.182. The van der Waals surface area contributed by atoms with Crippen LogP contribution in [0, 0.1) is 0 Å². The van der Waals surface area contributed by atoms with E-state index in [4.69, 9.17) is 23.2 Å². The lowest BCUT2D eigenvalue weighted by atomic mass is 10.3. The highest BCUT2D eigenvalue weighted by Gasteiger charge is 2.16. The summed E-state index contributed by atoms with van der Waals surface area (Å²) in [6.07, 6.45) is 2.74. The van der Waals surface area contributed by atoms with Gasteiger partial charge in [0.2, 0.25) is 0 Å². The average Bonchev–Trinajstić information content (AvgIpc) is 2.75.